The average Bonchev–Trinajstić information content (AvgIpc) is 2.75. The molecule has 0 saturated heterocycles. The number of benzene rings is 2. The molecule has 2 rings (SSSR count). The van der Waals surface area contributed by atoms with Gasteiger partial charge in [0.15, 0.2) is 0 Å². The first-order valence-corrected chi connectivity index (χ1v) is 11.5. The van der Waals surface area contributed by atoms with Crippen molar-refractivity contribution >= 4 is 27.7 Å². The summed E-state index contributed by atoms with van der Waals surface area (Å²) in [4.78, 5) is 12.5. The number of amides is 1. The number of hydrogen-bond donors (Lipinski definition) is 1. The molecule has 0 aromatic heterocycles. The highest BCUT2D eigenvalue weighted by Gasteiger charge is 2.23. The minimum absolute atomic E-state index is 0.00850. The molecule has 0 radical (unpaired) electrons. The standard InChI is InChI=1S/C22H26F2N2O5S/c1-4-26(5-2)32(28,29)18-12-13-20(30-6-3)19(15-18)25-21(27)14-9-16-7-10-17(11-8-16)31-22(23)24/h7-15,22H,4-6H2,1-3H3,(H,25,27)/b14-9+. The van der Waals surface area contributed by atoms with Crippen LogP contribution in [0.3, 0.4) is 0 Å². The number of rotatable bonds is 11. The van der Waals surface area contributed by atoms with Gasteiger partial charge in [-0.05, 0) is 48.9 Å². The van der Waals surface area contributed by atoms with E-state index in [9.17, 15) is 22.0 Å². The van der Waals surface area contributed by atoms with E-state index in [0.717, 1.165) is 0 Å². The monoisotopic (exact) mass is 468 g/mol. The van der Waals surface area contributed by atoms with Gasteiger partial charge in [0.1, 0.15) is 11.5 Å². The van der Waals surface area contributed by atoms with Crippen LogP contribution in [0.2, 0.25) is 0 Å². The number of halogens is 2. The Balaban J connectivity index is 2.22. The second-order valence-corrected chi connectivity index (χ2v) is 8.39. The number of nitrogens with zero attached hydrogens (tertiary/aromatic N) is 1. The highest BCUT2D eigenvalue weighted by Crippen LogP contribution is 2.29. The molecule has 2 aromatic rings. The summed E-state index contributed by atoms with van der Waals surface area (Å²) in [6, 6.07) is 10.1. The molecule has 0 heterocycles. The molecule has 0 fully saturated rings. The lowest BCUT2D eigenvalue weighted by molar-refractivity contribution is -0.111. The largest absolute Gasteiger partial charge is 0.492 e. The smallest absolute Gasteiger partial charge is 0.387 e. The van der Waals surface area contributed by atoms with Crippen molar-refractivity contribution in [1.29, 1.82) is 0 Å². The number of ether oxygens (including phenoxy) is 2. The van der Waals surface area contributed by atoms with Crippen LogP contribution in [0.4, 0.5) is 14.5 Å². The first-order valence-electron chi connectivity index (χ1n) is 10.0. The summed E-state index contributed by atoms with van der Waals surface area (Å²) < 4.78 is 61.1. The van der Waals surface area contributed by atoms with Crippen molar-refractivity contribution in [3.05, 3.63) is 54.1 Å². The van der Waals surface area contributed by atoms with E-state index < -0.39 is 22.5 Å². The van der Waals surface area contributed by atoms with Crippen molar-refractivity contribution < 1.29 is 31.5 Å². The fourth-order valence-corrected chi connectivity index (χ4v) is 4.35. The molecule has 1 N–H and O–H groups in total. The molecule has 0 aliphatic carbocycles. The summed E-state index contributed by atoms with van der Waals surface area (Å²) in [6.07, 6.45) is 2.72. The Morgan fingerprint density at radius 2 is 1.75 bits per heavy atom. The molecule has 32 heavy (non-hydrogen) atoms. The third kappa shape index (κ3) is 6.76. The quantitative estimate of drug-likeness (QED) is 0.495. The number of hydrogen-bond acceptors (Lipinski definition) is 5. The molecule has 7 nitrogen and oxygen atoms in total. The van der Waals surface area contributed by atoms with Crippen LogP contribution in [-0.4, -0.2) is 44.9 Å². The third-order valence-electron chi connectivity index (χ3n) is 4.38. The summed E-state index contributed by atoms with van der Waals surface area (Å²) in [6.45, 7) is 3.31. The van der Waals surface area contributed by atoms with E-state index in [-0.39, 0.29) is 16.3 Å². The lowest BCUT2D eigenvalue weighted by Gasteiger charge is -2.19. The summed E-state index contributed by atoms with van der Waals surface area (Å²) >= 11 is 0. The molecule has 10 heteroatoms. The highest BCUT2D eigenvalue weighted by molar-refractivity contribution is 7.89. The van der Waals surface area contributed by atoms with Crippen molar-refractivity contribution in [2.45, 2.75) is 32.3 Å². The van der Waals surface area contributed by atoms with E-state index in [2.05, 4.69) is 10.1 Å². The first-order chi connectivity index (χ1) is 15.2. The first kappa shape index (κ1) is 25.3. The SMILES string of the molecule is CCOc1ccc(S(=O)(=O)N(CC)CC)cc1NC(=O)/C=C/c1ccc(OC(F)F)cc1. The number of carbonyl (C=O) groups is 1. The maximum Gasteiger partial charge on any atom is 0.387 e. The predicted molar refractivity (Wildman–Crippen MR) is 118 cm³/mol. The van der Waals surface area contributed by atoms with Crippen LogP contribution in [0, 0.1) is 0 Å². The zero-order chi connectivity index (χ0) is 23.7. The van der Waals surface area contributed by atoms with Gasteiger partial charge < -0.3 is 14.8 Å². The average molecular weight is 469 g/mol. The molecule has 0 aliphatic rings. The Morgan fingerprint density at radius 1 is 1.09 bits per heavy atom. The van der Waals surface area contributed by atoms with E-state index in [1.807, 2.05) is 0 Å². The molecule has 174 valence electrons. The van der Waals surface area contributed by atoms with Crippen molar-refractivity contribution in [3.8, 4) is 11.5 Å². The molecule has 2 aromatic carbocycles. The normalized spacial score (nSPS) is 11.8. The minimum Gasteiger partial charge on any atom is -0.492 e. The van der Waals surface area contributed by atoms with Crippen LogP contribution in [-0.2, 0) is 14.8 Å². The molecular weight excluding hydrogens is 442 g/mol. The number of sulfonamides is 1. The number of alkyl halides is 2. The lowest BCUT2D eigenvalue weighted by atomic mass is 10.2. The summed E-state index contributed by atoms with van der Waals surface area (Å²) in [7, 11) is -3.72. The Hall–Kier alpha value is -2.98. The molecule has 0 spiro atoms. The van der Waals surface area contributed by atoms with E-state index in [1.54, 1.807) is 20.8 Å². The Kier molecular flexibility index (Phi) is 9.15. The summed E-state index contributed by atoms with van der Waals surface area (Å²) in [5, 5.41) is 2.63. The van der Waals surface area contributed by atoms with Crippen LogP contribution >= 0.6 is 0 Å². The van der Waals surface area contributed by atoms with Crippen LogP contribution in [0.1, 0.15) is 26.3 Å². The summed E-state index contributed by atoms with van der Waals surface area (Å²) in [5.41, 5.74) is 0.806. The molecular formula is C22H26F2N2O5S. The number of nitrogens with one attached hydrogen (secondary N) is 1. The molecule has 0 saturated carbocycles. The molecule has 0 bridgehead atoms. The predicted octanol–water partition coefficient (Wildman–Crippen LogP) is 4.37. The third-order valence-corrected chi connectivity index (χ3v) is 6.43. The zero-order valence-corrected chi connectivity index (χ0v) is 18.9. The Bertz CT molecular complexity index is 1040. The van der Waals surface area contributed by atoms with Gasteiger partial charge in [-0.15, -0.1) is 0 Å². The maximum atomic E-state index is 12.8. The van der Waals surface area contributed by atoms with Crippen LogP contribution in [0.5, 0.6) is 11.5 Å². The molecule has 0 atom stereocenters. The summed E-state index contributed by atoms with van der Waals surface area (Å²) in [5.74, 6) is -0.174. The van der Waals surface area contributed by atoms with Crippen LogP contribution in [0.25, 0.3) is 6.08 Å². The van der Waals surface area contributed by atoms with E-state index >= 15 is 0 Å². The van der Waals surface area contributed by atoms with Gasteiger partial charge in [0.25, 0.3) is 0 Å². The number of anilines is 1. The van der Waals surface area contributed by atoms with Gasteiger partial charge in [-0.25, -0.2) is 8.42 Å². The fraction of sp³-hybridized carbons (Fsp3) is 0.318. The van der Waals surface area contributed by atoms with Gasteiger partial charge >= 0.3 is 6.61 Å². The van der Waals surface area contributed by atoms with Crippen molar-refractivity contribution in [3.63, 3.8) is 0 Å². The minimum atomic E-state index is -3.72. The van der Waals surface area contributed by atoms with Gasteiger partial charge in [-0.3, -0.25) is 4.79 Å². The Morgan fingerprint density at radius 3 is 2.31 bits per heavy atom. The van der Waals surface area contributed by atoms with Crippen LogP contribution in [0.15, 0.2) is 53.4 Å². The van der Waals surface area contributed by atoms with Crippen LogP contribution < -0.4 is 14.8 Å². The highest BCUT2D eigenvalue weighted by atomic mass is 32.2. The van der Waals surface area contributed by atoms with Crippen molar-refractivity contribution in [2.75, 3.05) is 25.0 Å². The second-order valence-electron chi connectivity index (χ2n) is 6.45. The Labute approximate surface area is 186 Å². The van der Waals surface area contributed by atoms with E-state index in [0.29, 0.717) is 31.0 Å². The zero-order valence-electron chi connectivity index (χ0n) is 18.0. The lowest BCUT2D eigenvalue weighted by Crippen LogP contribution is -2.30. The number of carbonyl (C=O) groups excluding carboxylic acids is 1. The maximum absolute atomic E-state index is 12.8. The molecule has 0 unspecified atom stereocenters. The van der Waals surface area contributed by atoms with Gasteiger partial charge in [0.2, 0.25) is 15.9 Å². The molecule has 0 aliphatic heterocycles. The van der Waals surface area contributed by atoms with E-state index in [4.69, 9.17) is 4.74 Å². The van der Waals surface area contributed by atoms with Crippen molar-refractivity contribution in [2.24, 2.45) is 0 Å². The fourth-order valence-electron chi connectivity index (χ4n) is 2.87. The van der Waals surface area contributed by atoms with Gasteiger partial charge in [-0.2, -0.15) is 13.1 Å². The van der Waals surface area contributed by atoms with E-state index in [1.165, 1.54) is 58.9 Å². The second kappa shape index (κ2) is 11.6. The molecule has 1 amide bonds. The topological polar surface area (TPSA) is 84.9 Å². The van der Waals surface area contributed by atoms with Gasteiger partial charge in [0, 0.05) is 19.2 Å². The van der Waals surface area contributed by atoms with Crippen molar-refractivity contribution in [1.82, 2.24) is 4.31 Å². The van der Waals surface area contributed by atoms with Gasteiger partial charge in [-0.1, -0.05) is 26.0 Å². The van der Waals surface area contributed by atoms with Gasteiger partial charge in [0.05, 0.1) is 17.2 Å².